The summed E-state index contributed by atoms with van der Waals surface area (Å²) in [6.45, 7) is 3.52. The average molecular weight is 269 g/mol. The summed E-state index contributed by atoms with van der Waals surface area (Å²) in [4.78, 5) is 21.7. The molecule has 0 bridgehead atoms. The first kappa shape index (κ1) is 14.7. The lowest BCUT2D eigenvalue weighted by Crippen LogP contribution is -2.17. The summed E-state index contributed by atoms with van der Waals surface area (Å²) in [7, 11) is 0. The standard InChI is InChI=1S/C12H15NO4S/c1-8(14)9(2)18-7-12(15)10-3-5-11(6-4-10)13(16)17/h3-6,8-9,14H,7H2,1-2H3. The number of aliphatic hydroxyl groups excluding tert-OH is 1. The van der Waals surface area contributed by atoms with E-state index >= 15 is 0 Å². The highest BCUT2D eigenvalue weighted by atomic mass is 32.2. The number of nitrogens with zero attached hydrogens (tertiary/aromatic N) is 1. The van der Waals surface area contributed by atoms with Gasteiger partial charge in [-0.05, 0) is 19.1 Å². The molecule has 2 atom stereocenters. The van der Waals surface area contributed by atoms with Crippen LogP contribution < -0.4 is 0 Å². The Balaban J connectivity index is 2.59. The van der Waals surface area contributed by atoms with Gasteiger partial charge in [0, 0.05) is 22.9 Å². The number of benzene rings is 1. The predicted molar refractivity (Wildman–Crippen MR) is 71.0 cm³/mol. The summed E-state index contributed by atoms with van der Waals surface area (Å²) >= 11 is 1.36. The number of hydrogen-bond acceptors (Lipinski definition) is 5. The van der Waals surface area contributed by atoms with Crippen LogP contribution in [0, 0.1) is 10.1 Å². The highest BCUT2D eigenvalue weighted by Crippen LogP contribution is 2.18. The van der Waals surface area contributed by atoms with Gasteiger partial charge in [-0.15, -0.1) is 11.8 Å². The zero-order valence-electron chi connectivity index (χ0n) is 10.2. The number of Topliss-reactive ketones (excluding diaryl/α,β-unsaturated/α-hetero) is 1. The minimum atomic E-state index is -0.501. The second kappa shape index (κ2) is 6.51. The molecular weight excluding hydrogens is 254 g/mol. The molecule has 2 unspecified atom stereocenters. The molecule has 0 amide bonds. The van der Waals surface area contributed by atoms with Crippen molar-refractivity contribution in [1.82, 2.24) is 0 Å². The normalized spacial score (nSPS) is 13.9. The average Bonchev–Trinajstić information content (AvgIpc) is 2.35. The van der Waals surface area contributed by atoms with Gasteiger partial charge in [0.1, 0.15) is 0 Å². The lowest BCUT2D eigenvalue weighted by atomic mass is 10.1. The van der Waals surface area contributed by atoms with Gasteiger partial charge in [0.05, 0.1) is 16.8 Å². The zero-order chi connectivity index (χ0) is 13.7. The molecule has 1 N–H and O–H groups in total. The van der Waals surface area contributed by atoms with Crippen LogP contribution in [0.1, 0.15) is 24.2 Å². The molecule has 0 aromatic heterocycles. The van der Waals surface area contributed by atoms with Crippen molar-refractivity contribution in [3.8, 4) is 0 Å². The third-order valence-corrected chi connectivity index (χ3v) is 3.91. The van der Waals surface area contributed by atoms with Crippen molar-refractivity contribution in [1.29, 1.82) is 0 Å². The Morgan fingerprint density at radius 2 is 1.94 bits per heavy atom. The molecule has 0 spiro atoms. The SMILES string of the molecule is CC(O)C(C)SCC(=O)c1ccc([N+](=O)[O-])cc1. The van der Waals surface area contributed by atoms with E-state index in [1.165, 1.54) is 36.0 Å². The van der Waals surface area contributed by atoms with E-state index in [4.69, 9.17) is 0 Å². The minimum absolute atomic E-state index is 0.0213. The molecular formula is C12H15NO4S. The highest BCUT2D eigenvalue weighted by molar-refractivity contribution is 8.00. The summed E-state index contributed by atoms with van der Waals surface area (Å²) in [6, 6.07) is 5.54. The maximum atomic E-state index is 11.8. The molecule has 6 heteroatoms. The van der Waals surface area contributed by atoms with Crippen LogP contribution in [0.15, 0.2) is 24.3 Å². The molecule has 98 valence electrons. The van der Waals surface area contributed by atoms with Crippen molar-refractivity contribution in [3.05, 3.63) is 39.9 Å². The van der Waals surface area contributed by atoms with E-state index in [1.807, 2.05) is 6.92 Å². The molecule has 0 saturated carbocycles. The Hall–Kier alpha value is -1.40. The molecule has 1 rings (SSSR count). The van der Waals surface area contributed by atoms with Gasteiger partial charge in [-0.1, -0.05) is 6.92 Å². The lowest BCUT2D eigenvalue weighted by Gasteiger charge is -2.13. The fourth-order valence-electron chi connectivity index (χ4n) is 1.20. The molecule has 0 saturated heterocycles. The first-order chi connectivity index (χ1) is 8.41. The highest BCUT2D eigenvalue weighted by Gasteiger charge is 2.14. The molecule has 0 heterocycles. The van der Waals surface area contributed by atoms with Crippen molar-refractivity contribution >= 4 is 23.2 Å². The first-order valence-corrected chi connectivity index (χ1v) is 6.54. The van der Waals surface area contributed by atoms with E-state index in [9.17, 15) is 20.0 Å². The van der Waals surface area contributed by atoms with Crippen LogP contribution in [0.4, 0.5) is 5.69 Å². The minimum Gasteiger partial charge on any atom is -0.392 e. The van der Waals surface area contributed by atoms with E-state index in [-0.39, 0.29) is 22.5 Å². The van der Waals surface area contributed by atoms with E-state index in [2.05, 4.69) is 0 Å². The monoisotopic (exact) mass is 269 g/mol. The van der Waals surface area contributed by atoms with Crippen LogP contribution in [0.3, 0.4) is 0 Å². The van der Waals surface area contributed by atoms with Crippen LogP contribution in [-0.4, -0.2) is 32.9 Å². The van der Waals surface area contributed by atoms with Crippen molar-refractivity contribution in [2.75, 3.05) is 5.75 Å². The maximum absolute atomic E-state index is 11.8. The number of hydrogen-bond donors (Lipinski definition) is 1. The number of carbonyl (C=O) groups excluding carboxylic acids is 1. The summed E-state index contributed by atoms with van der Waals surface area (Å²) in [5.41, 5.74) is 0.419. The van der Waals surface area contributed by atoms with Crippen LogP contribution >= 0.6 is 11.8 Å². The number of non-ortho nitro benzene ring substituents is 1. The molecule has 18 heavy (non-hydrogen) atoms. The Bertz CT molecular complexity index is 430. The topological polar surface area (TPSA) is 80.4 Å². The van der Waals surface area contributed by atoms with Gasteiger partial charge >= 0.3 is 0 Å². The number of nitro groups is 1. The Morgan fingerprint density at radius 3 is 2.39 bits per heavy atom. The van der Waals surface area contributed by atoms with Gasteiger partial charge in [0.2, 0.25) is 0 Å². The van der Waals surface area contributed by atoms with Crippen molar-refractivity contribution < 1.29 is 14.8 Å². The third kappa shape index (κ3) is 4.12. The van der Waals surface area contributed by atoms with Crippen molar-refractivity contribution in [3.63, 3.8) is 0 Å². The van der Waals surface area contributed by atoms with Crippen LogP contribution in [0.2, 0.25) is 0 Å². The third-order valence-electron chi connectivity index (χ3n) is 2.56. The number of thioether (sulfide) groups is 1. The molecule has 0 aliphatic rings. The summed E-state index contributed by atoms with van der Waals surface area (Å²) < 4.78 is 0. The van der Waals surface area contributed by atoms with E-state index < -0.39 is 11.0 Å². The predicted octanol–water partition coefficient (Wildman–Crippen LogP) is 2.28. The molecule has 0 aliphatic carbocycles. The number of ketones is 1. The second-order valence-electron chi connectivity index (χ2n) is 3.98. The van der Waals surface area contributed by atoms with Gasteiger partial charge in [0.25, 0.3) is 5.69 Å². The molecule has 0 aliphatic heterocycles. The van der Waals surface area contributed by atoms with E-state index in [0.717, 1.165) is 0 Å². The Morgan fingerprint density at radius 1 is 1.39 bits per heavy atom. The quantitative estimate of drug-likeness (QED) is 0.487. The van der Waals surface area contributed by atoms with Gasteiger partial charge < -0.3 is 5.11 Å². The van der Waals surface area contributed by atoms with Gasteiger partial charge in [-0.3, -0.25) is 14.9 Å². The number of rotatable bonds is 6. The van der Waals surface area contributed by atoms with Gasteiger partial charge in [-0.2, -0.15) is 0 Å². The van der Waals surface area contributed by atoms with E-state index in [0.29, 0.717) is 5.56 Å². The Labute approximate surface area is 109 Å². The fourth-order valence-corrected chi connectivity index (χ4v) is 2.06. The molecule has 0 radical (unpaired) electrons. The fraction of sp³-hybridized carbons (Fsp3) is 0.417. The van der Waals surface area contributed by atoms with Crippen LogP contribution in [0.5, 0.6) is 0 Å². The summed E-state index contributed by atoms with van der Waals surface area (Å²) in [5.74, 6) is 0.159. The number of carbonyl (C=O) groups is 1. The van der Waals surface area contributed by atoms with Crippen LogP contribution in [0.25, 0.3) is 0 Å². The summed E-state index contributed by atoms with van der Waals surface area (Å²) in [6.07, 6.45) is -0.473. The lowest BCUT2D eigenvalue weighted by molar-refractivity contribution is -0.384. The largest absolute Gasteiger partial charge is 0.392 e. The van der Waals surface area contributed by atoms with Gasteiger partial charge in [0.15, 0.2) is 5.78 Å². The van der Waals surface area contributed by atoms with Crippen LogP contribution in [-0.2, 0) is 0 Å². The number of nitro benzene ring substituents is 1. The van der Waals surface area contributed by atoms with Gasteiger partial charge in [-0.25, -0.2) is 0 Å². The zero-order valence-corrected chi connectivity index (χ0v) is 11.0. The molecule has 0 fully saturated rings. The second-order valence-corrected chi connectivity index (χ2v) is 5.35. The number of aliphatic hydroxyl groups is 1. The van der Waals surface area contributed by atoms with Crippen molar-refractivity contribution in [2.24, 2.45) is 0 Å². The first-order valence-electron chi connectivity index (χ1n) is 5.49. The molecule has 5 nitrogen and oxygen atoms in total. The summed E-state index contributed by atoms with van der Waals surface area (Å²) in [5, 5.41) is 19.7. The maximum Gasteiger partial charge on any atom is 0.269 e. The van der Waals surface area contributed by atoms with E-state index in [1.54, 1.807) is 6.92 Å². The smallest absolute Gasteiger partial charge is 0.269 e. The Kier molecular flexibility index (Phi) is 5.30. The van der Waals surface area contributed by atoms with Crippen molar-refractivity contribution in [2.45, 2.75) is 25.2 Å². The molecule has 1 aromatic rings. The molecule has 1 aromatic carbocycles.